The number of aliphatic hydroxyl groups excluding tert-OH is 1. The van der Waals surface area contributed by atoms with Crippen LogP contribution in [0.2, 0.25) is 0 Å². The summed E-state index contributed by atoms with van der Waals surface area (Å²) in [6.45, 7) is 2.22. The number of hydrogen-bond acceptors (Lipinski definition) is 3. The zero-order valence-corrected chi connectivity index (χ0v) is 15.2. The molecule has 3 heteroatoms. The van der Waals surface area contributed by atoms with E-state index in [0.29, 0.717) is 11.8 Å². The number of rotatable bonds is 1. The molecule has 6 atom stereocenters. The molecule has 0 aromatic heterocycles. The monoisotopic (exact) mass is 340 g/mol. The number of methoxy groups -OCH3 is 1. The standard InChI is InChI=1S/C22H28O3/c1-20-8-7-16-11-14-3-5-17(25-2)12-15(14)4-6-18(16)21(20)9-10-22(20,24)19(23)13-21/h3,5,9-10,12,16,18-19,23-24H,4,6-8,11,13H2,1-2H3/t16?,18?,19?,20?,21-,22-/m0/s1. The van der Waals surface area contributed by atoms with Gasteiger partial charge in [-0.3, -0.25) is 0 Å². The molecule has 25 heavy (non-hydrogen) atoms. The Morgan fingerprint density at radius 2 is 2.00 bits per heavy atom. The first-order valence-electron chi connectivity index (χ1n) is 9.70. The molecule has 0 heterocycles. The van der Waals surface area contributed by atoms with Crippen molar-refractivity contribution in [2.24, 2.45) is 22.7 Å². The first kappa shape index (κ1) is 15.9. The van der Waals surface area contributed by atoms with Crippen LogP contribution >= 0.6 is 0 Å². The second-order valence-electron chi connectivity index (χ2n) is 9.03. The van der Waals surface area contributed by atoms with Crippen molar-refractivity contribution in [1.82, 2.24) is 0 Å². The summed E-state index contributed by atoms with van der Waals surface area (Å²) in [6, 6.07) is 6.53. The second kappa shape index (κ2) is 4.89. The predicted molar refractivity (Wildman–Crippen MR) is 96.5 cm³/mol. The van der Waals surface area contributed by atoms with Gasteiger partial charge in [-0.15, -0.1) is 0 Å². The third-order valence-corrected chi connectivity index (χ3v) is 8.45. The van der Waals surface area contributed by atoms with Gasteiger partial charge < -0.3 is 14.9 Å². The van der Waals surface area contributed by atoms with E-state index >= 15 is 0 Å². The first-order chi connectivity index (χ1) is 11.9. The summed E-state index contributed by atoms with van der Waals surface area (Å²) in [5.41, 5.74) is 1.59. The van der Waals surface area contributed by atoms with E-state index in [-0.39, 0.29) is 10.8 Å². The fraction of sp³-hybridized carbons (Fsp3) is 0.636. The van der Waals surface area contributed by atoms with E-state index in [2.05, 4.69) is 31.2 Å². The summed E-state index contributed by atoms with van der Waals surface area (Å²) in [6.07, 6.45) is 9.78. The quantitative estimate of drug-likeness (QED) is 0.772. The van der Waals surface area contributed by atoms with E-state index in [9.17, 15) is 10.2 Å². The van der Waals surface area contributed by atoms with Gasteiger partial charge in [-0.05, 0) is 73.6 Å². The first-order valence-corrected chi connectivity index (χ1v) is 9.70. The predicted octanol–water partition coefficient (Wildman–Crippen LogP) is 3.27. The molecule has 2 N–H and O–H groups in total. The Bertz CT molecular complexity index is 756. The Balaban J connectivity index is 1.55. The van der Waals surface area contributed by atoms with Gasteiger partial charge in [0, 0.05) is 10.8 Å². The van der Waals surface area contributed by atoms with E-state index < -0.39 is 11.7 Å². The highest BCUT2D eigenvalue weighted by Gasteiger charge is 2.74. The molecule has 134 valence electrons. The van der Waals surface area contributed by atoms with E-state index in [4.69, 9.17) is 4.74 Å². The van der Waals surface area contributed by atoms with Crippen molar-refractivity contribution >= 4 is 0 Å². The van der Waals surface area contributed by atoms with Crippen LogP contribution in [-0.4, -0.2) is 29.0 Å². The van der Waals surface area contributed by atoms with Gasteiger partial charge in [0.25, 0.3) is 0 Å². The maximum Gasteiger partial charge on any atom is 0.119 e. The molecule has 0 aliphatic heterocycles. The van der Waals surface area contributed by atoms with E-state index in [1.807, 2.05) is 6.08 Å². The number of aliphatic hydroxyl groups is 2. The Kier molecular flexibility index (Phi) is 3.11. The van der Waals surface area contributed by atoms with Gasteiger partial charge in [0.05, 0.1) is 13.2 Å². The number of aryl methyl sites for hydroxylation is 1. The van der Waals surface area contributed by atoms with Crippen LogP contribution in [0.25, 0.3) is 0 Å². The van der Waals surface area contributed by atoms with Crippen molar-refractivity contribution < 1.29 is 14.9 Å². The van der Waals surface area contributed by atoms with Gasteiger partial charge in [0.2, 0.25) is 0 Å². The van der Waals surface area contributed by atoms with Crippen LogP contribution in [0.4, 0.5) is 0 Å². The summed E-state index contributed by atoms with van der Waals surface area (Å²) in [4.78, 5) is 0. The maximum absolute atomic E-state index is 11.2. The highest BCUT2D eigenvalue weighted by molar-refractivity contribution is 5.41. The summed E-state index contributed by atoms with van der Waals surface area (Å²) in [5, 5.41) is 21.9. The molecule has 2 fully saturated rings. The molecule has 0 amide bonds. The molecule has 4 aliphatic carbocycles. The summed E-state index contributed by atoms with van der Waals surface area (Å²) in [5.74, 6) is 2.12. The number of fused-ring (bicyclic) bond motifs is 2. The van der Waals surface area contributed by atoms with Crippen LogP contribution in [-0.2, 0) is 12.8 Å². The largest absolute Gasteiger partial charge is 0.497 e. The minimum atomic E-state index is -1.03. The van der Waals surface area contributed by atoms with Crippen LogP contribution in [0.15, 0.2) is 30.4 Å². The Labute approximate surface area is 149 Å². The fourth-order valence-corrected chi connectivity index (χ4v) is 6.97. The zero-order valence-electron chi connectivity index (χ0n) is 15.2. The van der Waals surface area contributed by atoms with Crippen molar-refractivity contribution in [2.45, 2.75) is 57.2 Å². The van der Waals surface area contributed by atoms with Gasteiger partial charge >= 0.3 is 0 Å². The molecular weight excluding hydrogens is 312 g/mol. The Morgan fingerprint density at radius 1 is 1.16 bits per heavy atom. The van der Waals surface area contributed by atoms with E-state index in [1.165, 1.54) is 11.1 Å². The maximum atomic E-state index is 11.2. The van der Waals surface area contributed by atoms with Gasteiger partial charge in [-0.25, -0.2) is 0 Å². The smallest absolute Gasteiger partial charge is 0.119 e. The zero-order chi connectivity index (χ0) is 17.4. The molecule has 0 spiro atoms. The molecule has 2 saturated carbocycles. The number of ether oxygens (including phenoxy) is 1. The Morgan fingerprint density at radius 3 is 2.76 bits per heavy atom. The molecular formula is C22H28O3. The molecule has 1 aromatic rings. The third-order valence-electron chi connectivity index (χ3n) is 8.45. The second-order valence-corrected chi connectivity index (χ2v) is 9.03. The van der Waals surface area contributed by atoms with Crippen molar-refractivity contribution in [3.8, 4) is 5.75 Å². The number of allylic oxidation sites excluding steroid dienone is 1. The fourth-order valence-electron chi connectivity index (χ4n) is 6.97. The summed E-state index contributed by atoms with van der Waals surface area (Å²) >= 11 is 0. The van der Waals surface area contributed by atoms with E-state index in [1.54, 1.807) is 7.11 Å². The minimum Gasteiger partial charge on any atom is -0.497 e. The molecule has 4 aliphatic rings. The van der Waals surface area contributed by atoms with Crippen molar-refractivity contribution in [1.29, 1.82) is 0 Å². The summed E-state index contributed by atoms with van der Waals surface area (Å²) in [7, 11) is 1.73. The van der Waals surface area contributed by atoms with Gasteiger partial charge in [0.15, 0.2) is 0 Å². The van der Waals surface area contributed by atoms with E-state index in [0.717, 1.165) is 44.3 Å². The molecule has 4 unspecified atom stereocenters. The number of hydrogen-bond donors (Lipinski definition) is 2. The lowest BCUT2D eigenvalue weighted by atomic mass is 9.50. The highest BCUT2D eigenvalue weighted by Crippen LogP contribution is 2.73. The average Bonchev–Trinajstić information content (AvgIpc) is 2.84. The van der Waals surface area contributed by atoms with Crippen molar-refractivity contribution in [3.63, 3.8) is 0 Å². The molecule has 0 saturated heterocycles. The Hall–Kier alpha value is -1.32. The van der Waals surface area contributed by atoms with Gasteiger partial charge in [-0.1, -0.05) is 25.1 Å². The minimum absolute atomic E-state index is 0.0454. The van der Waals surface area contributed by atoms with Crippen molar-refractivity contribution in [3.05, 3.63) is 41.5 Å². The molecule has 3 nitrogen and oxygen atoms in total. The lowest BCUT2D eigenvalue weighted by Gasteiger charge is -2.54. The van der Waals surface area contributed by atoms with Crippen LogP contribution in [0, 0.1) is 22.7 Å². The third kappa shape index (κ3) is 1.74. The van der Waals surface area contributed by atoms with Crippen LogP contribution in [0.1, 0.15) is 43.7 Å². The van der Waals surface area contributed by atoms with Gasteiger partial charge in [0.1, 0.15) is 11.4 Å². The lowest BCUT2D eigenvalue weighted by molar-refractivity contribution is -0.118. The lowest BCUT2D eigenvalue weighted by Crippen LogP contribution is -2.53. The SMILES string of the molecule is COc1ccc2c(c1)CCC1C(CCC3(C)[C@]14C=C[C@]3(O)C(O)C4)C2. The normalized spacial score (nSPS) is 47.0. The molecule has 1 aromatic carbocycles. The summed E-state index contributed by atoms with van der Waals surface area (Å²) < 4.78 is 5.42. The van der Waals surface area contributed by atoms with Gasteiger partial charge in [-0.2, -0.15) is 0 Å². The molecule has 5 rings (SSSR count). The topological polar surface area (TPSA) is 49.7 Å². The van der Waals surface area contributed by atoms with Crippen LogP contribution < -0.4 is 4.74 Å². The number of benzene rings is 1. The van der Waals surface area contributed by atoms with Crippen LogP contribution in [0.5, 0.6) is 5.75 Å². The highest BCUT2D eigenvalue weighted by atomic mass is 16.5. The molecule has 2 bridgehead atoms. The molecule has 0 radical (unpaired) electrons. The average molecular weight is 340 g/mol. The van der Waals surface area contributed by atoms with Crippen molar-refractivity contribution in [2.75, 3.05) is 7.11 Å². The van der Waals surface area contributed by atoms with Crippen LogP contribution in [0.3, 0.4) is 0 Å².